The van der Waals surface area contributed by atoms with Crippen LogP contribution in [-0.4, -0.2) is 36.4 Å². The van der Waals surface area contributed by atoms with E-state index < -0.39 is 11.3 Å². The third kappa shape index (κ3) is 5.90. The van der Waals surface area contributed by atoms with Crippen molar-refractivity contribution in [1.82, 2.24) is 4.72 Å². The van der Waals surface area contributed by atoms with Crippen LogP contribution in [0.2, 0.25) is 0 Å². The summed E-state index contributed by atoms with van der Waals surface area (Å²) in [4.78, 5) is 12.3. The minimum absolute atomic E-state index is 0.180. The Morgan fingerprint density at radius 2 is 1.96 bits per heavy atom. The third-order valence-corrected chi connectivity index (χ3v) is 6.33. The van der Waals surface area contributed by atoms with Crippen molar-refractivity contribution in [2.45, 2.75) is 70.8 Å². The van der Waals surface area contributed by atoms with Gasteiger partial charge in [-0.25, -0.2) is 8.93 Å². The molecule has 0 aromatic carbocycles. The zero-order valence-corrected chi connectivity index (χ0v) is 15.9. The van der Waals surface area contributed by atoms with E-state index in [4.69, 9.17) is 8.92 Å². The molecule has 0 aliphatic heterocycles. The molecule has 2 rings (SSSR count). The molecule has 0 amide bonds. The molecule has 2 aliphatic carbocycles. The maximum absolute atomic E-state index is 12.3. The maximum atomic E-state index is 12.3. The number of Topliss-reactive ketones (excluding diaryl/α,β-unsaturated/α-hetero) is 1. The van der Waals surface area contributed by atoms with Crippen LogP contribution in [0.25, 0.3) is 0 Å². The lowest BCUT2D eigenvalue weighted by atomic mass is 9.81. The predicted molar refractivity (Wildman–Crippen MR) is 95.6 cm³/mol. The molecule has 2 saturated carbocycles. The van der Waals surface area contributed by atoms with Crippen LogP contribution in [0.5, 0.6) is 0 Å². The van der Waals surface area contributed by atoms with E-state index in [0.29, 0.717) is 43.0 Å². The first-order valence-corrected chi connectivity index (χ1v) is 10.5. The molecule has 2 fully saturated rings. The Kier molecular flexibility index (Phi) is 8.87. The van der Waals surface area contributed by atoms with Gasteiger partial charge in [0.25, 0.3) is 0 Å². The Hall–Kier alpha value is -0.300. The van der Waals surface area contributed by atoms with Gasteiger partial charge in [0.1, 0.15) is 5.78 Å². The van der Waals surface area contributed by atoms with Gasteiger partial charge in [0.05, 0.1) is 6.61 Å². The van der Waals surface area contributed by atoms with Crippen LogP contribution in [0.4, 0.5) is 0 Å². The van der Waals surface area contributed by atoms with Gasteiger partial charge in [-0.15, -0.1) is 0 Å². The summed E-state index contributed by atoms with van der Waals surface area (Å²) >= 11 is -1.43. The van der Waals surface area contributed by atoms with Gasteiger partial charge >= 0.3 is 0 Å². The van der Waals surface area contributed by atoms with Crippen LogP contribution in [0.3, 0.4) is 0 Å². The molecule has 0 radical (unpaired) electrons. The smallest absolute Gasteiger partial charge is 0.234 e. The minimum atomic E-state index is -1.43. The summed E-state index contributed by atoms with van der Waals surface area (Å²) < 4.78 is 25.5. The molecule has 5 atom stereocenters. The first-order chi connectivity index (χ1) is 11.7. The van der Waals surface area contributed by atoms with Gasteiger partial charge in [-0.1, -0.05) is 13.3 Å². The lowest BCUT2D eigenvalue weighted by Crippen LogP contribution is -2.42. The molecular formula is C18H33NO4S. The zero-order chi connectivity index (χ0) is 17.4. The second kappa shape index (κ2) is 10.6. The first kappa shape index (κ1) is 20.0. The van der Waals surface area contributed by atoms with E-state index in [1.54, 1.807) is 7.11 Å². The number of rotatable bonds is 13. The van der Waals surface area contributed by atoms with Gasteiger partial charge < -0.3 is 4.74 Å². The molecular weight excluding hydrogens is 326 g/mol. The molecule has 0 saturated heterocycles. The molecule has 5 nitrogen and oxygen atoms in total. The molecule has 24 heavy (non-hydrogen) atoms. The summed E-state index contributed by atoms with van der Waals surface area (Å²) in [7, 11) is 1.71. The maximum Gasteiger partial charge on any atom is 0.234 e. The van der Waals surface area contributed by atoms with Crippen molar-refractivity contribution in [3.8, 4) is 0 Å². The summed E-state index contributed by atoms with van der Waals surface area (Å²) in [5.41, 5.74) is 0. The van der Waals surface area contributed by atoms with E-state index in [0.717, 1.165) is 32.3 Å². The third-order valence-electron chi connectivity index (χ3n) is 5.48. The Balaban J connectivity index is 1.76. The average molecular weight is 360 g/mol. The molecule has 0 heterocycles. The highest BCUT2D eigenvalue weighted by Crippen LogP contribution is 2.50. The molecule has 0 aromatic heterocycles. The fraction of sp³-hybridized carbons (Fsp3) is 0.944. The second-order valence-corrected chi connectivity index (χ2v) is 8.18. The fourth-order valence-corrected chi connectivity index (χ4v) is 5.28. The summed E-state index contributed by atoms with van der Waals surface area (Å²) in [5, 5.41) is 0. The summed E-state index contributed by atoms with van der Waals surface area (Å²) in [6, 6.07) is 0.180. The molecule has 140 valence electrons. The number of hydrogen-bond donors (Lipinski definition) is 1. The van der Waals surface area contributed by atoms with E-state index in [-0.39, 0.29) is 6.04 Å². The minimum Gasteiger partial charge on any atom is -0.385 e. The van der Waals surface area contributed by atoms with Gasteiger partial charge in [-0.05, 0) is 56.3 Å². The van der Waals surface area contributed by atoms with E-state index in [2.05, 4.69) is 4.72 Å². The number of hydrogen-bond acceptors (Lipinski definition) is 4. The van der Waals surface area contributed by atoms with Crippen LogP contribution in [-0.2, 0) is 25.0 Å². The van der Waals surface area contributed by atoms with E-state index in [9.17, 15) is 9.00 Å². The number of ketones is 1. The molecule has 2 aliphatic rings. The summed E-state index contributed by atoms with van der Waals surface area (Å²) in [5.74, 6) is 1.87. The summed E-state index contributed by atoms with van der Waals surface area (Å²) in [6.07, 6.45) is 8.76. The Bertz CT molecular complexity index is 418. The number of nitrogens with one attached hydrogen (secondary N) is 1. The lowest BCUT2D eigenvalue weighted by Gasteiger charge is -2.30. The molecule has 1 N–H and O–H groups in total. The van der Waals surface area contributed by atoms with Crippen molar-refractivity contribution in [3.63, 3.8) is 0 Å². The average Bonchev–Trinajstić information content (AvgIpc) is 3.15. The highest BCUT2D eigenvalue weighted by molar-refractivity contribution is 7.78. The standard InChI is InChI=1S/C18H33NO4S/c1-3-10-23-24(21)19-18-15-9-8-14(12-15)17(18)13-16(20)7-5-4-6-11-22-2/h14-15,17-19H,3-13H2,1-2H3/t14-,15+,17+,18?,24?/m0/s1. The van der Waals surface area contributed by atoms with Gasteiger partial charge in [-0.3, -0.25) is 8.98 Å². The van der Waals surface area contributed by atoms with Crippen LogP contribution >= 0.6 is 0 Å². The van der Waals surface area contributed by atoms with Crippen molar-refractivity contribution in [2.24, 2.45) is 17.8 Å². The van der Waals surface area contributed by atoms with Crippen molar-refractivity contribution in [3.05, 3.63) is 0 Å². The monoisotopic (exact) mass is 359 g/mol. The number of fused-ring (bicyclic) bond motifs is 2. The first-order valence-electron chi connectivity index (χ1n) is 9.47. The summed E-state index contributed by atoms with van der Waals surface area (Å²) in [6.45, 7) is 3.28. The van der Waals surface area contributed by atoms with Gasteiger partial charge in [0.15, 0.2) is 0 Å². The zero-order valence-electron chi connectivity index (χ0n) is 15.1. The van der Waals surface area contributed by atoms with E-state index in [1.807, 2.05) is 6.92 Å². The van der Waals surface area contributed by atoms with Gasteiger partial charge in [0, 0.05) is 32.6 Å². The fourth-order valence-electron chi connectivity index (χ4n) is 4.30. The lowest BCUT2D eigenvalue weighted by molar-refractivity contribution is -0.120. The molecule has 0 spiro atoms. The van der Waals surface area contributed by atoms with Gasteiger partial charge in [-0.2, -0.15) is 0 Å². The number of ether oxygens (including phenoxy) is 1. The molecule has 6 heteroatoms. The van der Waals surface area contributed by atoms with Gasteiger partial charge in [0.2, 0.25) is 11.3 Å². The molecule has 0 aromatic rings. The largest absolute Gasteiger partial charge is 0.385 e. The van der Waals surface area contributed by atoms with Crippen LogP contribution in [0.1, 0.15) is 64.7 Å². The molecule has 2 unspecified atom stereocenters. The highest BCUT2D eigenvalue weighted by atomic mass is 32.2. The van der Waals surface area contributed by atoms with E-state index in [1.165, 1.54) is 19.3 Å². The second-order valence-electron chi connectivity index (χ2n) is 7.24. The van der Waals surface area contributed by atoms with E-state index >= 15 is 0 Å². The normalized spacial score (nSPS) is 29.9. The number of carbonyl (C=O) groups excluding carboxylic acids is 1. The van der Waals surface area contributed by atoms with Crippen LogP contribution in [0, 0.1) is 17.8 Å². The van der Waals surface area contributed by atoms with Crippen molar-refractivity contribution < 1.29 is 17.9 Å². The van der Waals surface area contributed by atoms with Crippen LogP contribution in [0.15, 0.2) is 0 Å². The number of unbranched alkanes of at least 4 members (excludes halogenated alkanes) is 2. The van der Waals surface area contributed by atoms with Crippen molar-refractivity contribution in [1.29, 1.82) is 0 Å². The Labute approximate surface area is 149 Å². The Morgan fingerprint density at radius 1 is 1.17 bits per heavy atom. The van der Waals surface area contributed by atoms with Crippen molar-refractivity contribution >= 4 is 17.0 Å². The highest BCUT2D eigenvalue weighted by Gasteiger charge is 2.48. The molecule has 2 bridgehead atoms. The van der Waals surface area contributed by atoms with Crippen molar-refractivity contribution in [2.75, 3.05) is 20.3 Å². The number of methoxy groups -OCH3 is 1. The Morgan fingerprint density at radius 3 is 2.71 bits per heavy atom. The quantitative estimate of drug-likeness (QED) is 0.513. The topological polar surface area (TPSA) is 64.6 Å². The number of carbonyl (C=O) groups is 1. The predicted octanol–water partition coefficient (Wildman–Crippen LogP) is 3.16. The SMILES string of the molecule is CCCOS(=O)NC1[C@@H]2CC[C@@H](C2)[C@H]1CC(=O)CCCCCOC. The van der Waals surface area contributed by atoms with Crippen LogP contribution < -0.4 is 4.72 Å².